The summed E-state index contributed by atoms with van der Waals surface area (Å²) < 4.78 is 41.8. The molecule has 4 N–H and O–H groups in total. The van der Waals surface area contributed by atoms with Crippen LogP contribution in [0, 0.1) is 5.92 Å². The molecular formula is C26H34N6O6S. The van der Waals surface area contributed by atoms with Gasteiger partial charge >= 0.3 is 16.1 Å². The van der Waals surface area contributed by atoms with Gasteiger partial charge in [-0.3, -0.25) is 10.2 Å². The van der Waals surface area contributed by atoms with Gasteiger partial charge in [-0.15, -0.1) is 0 Å². The molecule has 0 bridgehead atoms. The number of nitrogens with one attached hydrogen (secondary N) is 4. The van der Waals surface area contributed by atoms with Gasteiger partial charge in [-0.1, -0.05) is 0 Å². The Kier molecular flexibility index (Phi) is 8.81. The Morgan fingerprint density at radius 2 is 1.79 bits per heavy atom. The van der Waals surface area contributed by atoms with Crippen molar-refractivity contribution in [2.24, 2.45) is 5.92 Å². The zero-order chi connectivity index (χ0) is 27.1. The smallest absolute Gasteiger partial charge is 0.339 e. The number of carbonyl (C=O) groups excluding carboxylic acids is 1. The van der Waals surface area contributed by atoms with Gasteiger partial charge in [0, 0.05) is 57.7 Å². The van der Waals surface area contributed by atoms with E-state index in [0.717, 1.165) is 57.9 Å². The molecular weight excluding hydrogens is 524 g/mol. The van der Waals surface area contributed by atoms with E-state index in [4.69, 9.17) is 13.7 Å². The van der Waals surface area contributed by atoms with Crippen molar-refractivity contribution in [2.75, 3.05) is 69.8 Å². The van der Waals surface area contributed by atoms with Crippen molar-refractivity contribution in [1.82, 2.24) is 20.2 Å². The Morgan fingerprint density at radius 1 is 1.05 bits per heavy atom. The Hall–Kier alpha value is -3.39. The Bertz CT molecular complexity index is 1350. The summed E-state index contributed by atoms with van der Waals surface area (Å²) in [6.07, 6.45) is 2.04. The number of H-pyrrole nitrogens is 1. The van der Waals surface area contributed by atoms with Gasteiger partial charge in [0.05, 0.1) is 24.2 Å². The molecule has 1 aromatic heterocycles. The number of morpholine rings is 1. The maximum Gasteiger partial charge on any atom is 0.339 e. The fourth-order valence-corrected chi connectivity index (χ4v) is 5.45. The van der Waals surface area contributed by atoms with Gasteiger partial charge in [0.2, 0.25) is 5.95 Å². The lowest BCUT2D eigenvalue weighted by Gasteiger charge is -2.26. The highest BCUT2D eigenvalue weighted by Crippen LogP contribution is 2.25. The lowest BCUT2D eigenvalue weighted by Crippen LogP contribution is -2.42. The number of benzene rings is 2. The lowest BCUT2D eigenvalue weighted by atomic mass is 10.0. The number of urea groups is 1. The number of rotatable bonds is 10. The molecule has 39 heavy (non-hydrogen) atoms. The highest BCUT2D eigenvalue weighted by atomic mass is 32.2. The van der Waals surface area contributed by atoms with E-state index in [-0.39, 0.29) is 22.6 Å². The number of nitrogens with zero attached hydrogens (tertiary/aromatic N) is 2. The van der Waals surface area contributed by atoms with Crippen molar-refractivity contribution in [2.45, 2.75) is 17.7 Å². The fourth-order valence-electron chi connectivity index (χ4n) is 4.53. The SMILES string of the molecule is O=C(NCCN1CCOCC1)Nc1nc2ccc(OS(=O)(=O)c3ccc(NCC4CCOCC4)cc3)cc2[nH]1. The number of amides is 2. The van der Waals surface area contributed by atoms with Gasteiger partial charge < -0.3 is 29.3 Å². The summed E-state index contributed by atoms with van der Waals surface area (Å²) in [6.45, 7) is 6.75. The van der Waals surface area contributed by atoms with Crippen LogP contribution in [-0.4, -0.2) is 88.5 Å². The number of aromatic amines is 1. The van der Waals surface area contributed by atoms with Crippen LogP contribution in [0.25, 0.3) is 11.0 Å². The normalized spacial score (nSPS) is 17.1. The summed E-state index contributed by atoms with van der Waals surface area (Å²) in [4.78, 5) is 21.8. The van der Waals surface area contributed by atoms with E-state index in [9.17, 15) is 13.2 Å². The fraction of sp³-hybridized carbons (Fsp3) is 0.462. The van der Waals surface area contributed by atoms with Crippen LogP contribution in [0.5, 0.6) is 5.75 Å². The second-order valence-electron chi connectivity index (χ2n) is 9.60. The third-order valence-corrected chi connectivity index (χ3v) is 8.05. The highest BCUT2D eigenvalue weighted by molar-refractivity contribution is 7.87. The molecule has 13 heteroatoms. The van der Waals surface area contributed by atoms with Crippen LogP contribution in [0.2, 0.25) is 0 Å². The molecule has 2 fully saturated rings. The number of fused-ring (bicyclic) bond motifs is 1. The van der Waals surface area contributed by atoms with Crippen molar-refractivity contribution in [3.63, 3.8) is 0 Å². The zero-order valence-electron chi connectivity index (χ0n) is 21.6. The summed E-state index contributed by atoms with van der Waals surface area (Å²) in [6, 6.07) is 10.8. The standard InChI is InChI=1S/C26H34N6O6S/c33-26(27-9-10-32-11-15-37-16-12-32)31-25-29-23-6-3-21(17-24(23)30-25)38-39(34,35)22-4-1-20(2-5-22)28-18-19-7-13-36-14-8-19/h1-6,17,19,28H,7-16,18H2,(H3,27,29,30,31,33). The number of ether oxygens (including phenoxy) is 2. The number of aromatic nitrogens is 2. The van der Waals surface area contributed by atoms with Crippen LogP contribution in [-0.2, 0) is 19.6 Å². The molecule has 0 aliphatic carbocycles. The molecule has 2 saturated heterocycles. The van der Waals surface area contributed by atoms with Crippen molar-refractivity contribution >= 4 is 38.8 Å². The van der Waals surface area contributed by atoms with Crippen molar-refractivity contribution in [3.8, 4) is 5.75 Å². The first kappa shape index (κ1) is 27.2. The molecule has 2 amide bonds. The predicted molar refractivity (Wildman–Crippen MR) is 147 cm³/mol. The summed E-state index contributed by atoms with van der Waals surface area (Å²) in [5, 5.41) is 8.84. The second-order valence-corrected chi connectivity index (χ2v) is 11.1. The van der Waals surface area contributed by atoms with E-state index in [1.807, 2.05) is 0 Å². The summed E-state index contributed by atoms with van der Waals surface area (Å²) in [5.41, 5.74) is 1.94. The van der Waals surface area contributed by atoms with E-state index in [1.54, 1.807) is 18.2 Å². The molecule has 0 saturated carbocycles. The Balaban J connectivity index is 1.14. The topological polar surface area (TPSA) is 147 Å². The van der Waals surface area contributed by atoms with Crippen LogP contribution in [0.3, 0.4) is 0 Å². The molecule has 2 aromatic carbocycles. The zero-order valence-corrected chi connectivity index (χ0v) is 22.5. The Morgan fingerprint density at radius 3 is 2.56 bits per heavy atom. The van der Waals surface area contributed by atoms with Crippen LogP contribution in [0.15, 0.2) is 47.4 Å². The molecule has 2 aliphatic heterocycles. The minimum absolute atomic E-state index is 0.0555. The number of anilines is 2. The van der Waals surface area contributed by atoms with Gasteiger partial charge in [0.1, 0.15) is 10.6 Å². The van der Waals surface area contributed by atoms with E-state index < -0.39 is 10.1 Å². The van der Waals surface area contributed by atoms with Crippen LogP contribution < -0.4 is 20.1 Å². The minimum Gasteiger partial charge on any atom is -0.385 e. The molecule has 5 rings (SSSR count). The summed E-state index contributed by atoms with van der Waals surface area (Å²) in [5.74, 6) is 0.931. The van der Waals surface area contributed by atoms with E-state index >= 15 is 0 Å². The maximum atomic E-state index is 12.9. The predicted octanol–water partition coefficient (Wildman–Crippen LogP) is 2.62. The van der Waals surface area contributed by atoms with Crippen molar-refractivity contribution in [3.05, 3.63) is 42.5 Å². The third-order valence-electron chi connectivity index (χ3n) is 6.79. The average molecular weight is 559 g/mol. The van der Waals surface area contributed by atoms with Gasteiger partial charge in [-0.05, 0) is 55.2 Å². The van der Waals surface area contributed by atoms with Crippen molar-refractivity contribution in [1.29, 1.82) is 0 Å². The monoisotopic (exact) mass is 558 g/mol. The molecule has 0 unspecified atom stereocenters. The molecule has 2 aliphatic rings. The van der Waals surface area contributed by atoms with Crippen LogP contribution >= 0.6 is 0 Å². The second kappa shape index (κ2) is 12.6. The molecule has 0 radical (unpaired) electrons. The molecule has 0 spiro atoms. The number of hydrogen-bond donors (Lipinski definition) is 4. The first-order chi connectivity index (χ1) is 18.9. The first-order valence-corrected chi connectivity index (χ1v) is 14.6. The van der Waals surface area contributed by atoms with Gasteiger partial charge in [0.15, 0.2) is 0 Å². The molecule has 0 atom stereocenters. The molecule has 12 nitrogen and oxygen atoms in total. The highest BCUT2D eigenvalue weighted by Gasteiger charge is 2.18. The molecule has 3 heterocycles. The van der Waals surface area contributed by atoms with E-state index in [0.29, 0.717) is 36.7 Å². The van der Waals surface area contributed by atoms with E-state index in [1.165, 1.54) is 24.3 Å². The Labute approximate surface area is 227 Å². The number of imidazole rings is 1. The van der Waals surface area contributed by atoms with Crippen molar-refractivity contribution < 1.29 is 26.9 Å². The molecule has 210 valence electrons. The first-order valence-electron chi connectivity index (χ1n) is 13.2. The lowest BCUT2D eigenvalue weighted by molar-refractivity contribution is 0.0388. The number of carbonyl (C=O) groups is 1. The van der Waals surface area contributed by atoms with Crippen LogP contribution in [0.4, 0.5) is 16.4 Å². The van der Waals surface area contributed by atoms with Crippen LogP contribution in [0.1, 0.15) is 12.8 Å². The molecule has 3 aromatic rings. The van der Waals surface area contributed by atoms with E-state index in [2.05, 4.69) is 30.8 Å². The minimum atomic E-state index is -4.04. The number of hydrogen-bond acceptors (Lipinski definition) is 9. The summed E-state index contributed by atoms with van der Waals surface area (Å²) in [7, 11) is -4.04. The maximum absolute atomic E-state index is 12.9. The quantitative estimate of drug-likeness (QED) is 0.276. The third kappa shape index (κ3) is 7.60. The van der Waals surface area contributed by atoms with Gasteiger partial charge in [-0.2, -0.15) is 8.42 Å². The van der Waals surface area contributed by atoms with Gasteiger partial charge in [0.25, 0.3) is 0 Å². The van der Waals surface area contributed by atoms with Gasteiger partial charge in [-0.25, -0.2) is 9.78 Å². The largest absolute Gasteiger partial charge is 0.385 e. The average Bonchev–Trinajstić information content (AvgIpc) is 3.34. The summed E-state index contributed by atoms with van der Waals surface area (Å²) >= 11 is 0.